The van der Waals surface area contributed by atoms with Crippen LogP contribution in [0.2, 0.25) is 0 Å². The van der Waals surface area contributed by atoms with Crippen molar-refractivity contribution < 1.29 is 4.79 Å². The lowest BCUT2D eigenvalue weighted by molar-refractivity contribution is -0.125. The molecule has 1 aliphatic carbocycles. The molecule has 0 heterocycles. The van der Waals surface area contributed by atoms with Gasteiger partial charge in [-0.2, -0.15) is 0 Å². The molecule has 0 aromatic heterocycles. The molecular weight excluding hydrogens is 258 g/mol. The zero-order valence-corrected chi connectivity index (χ0v) is 12.1. The highest BCUT2D eigenvalue weighted by Gasteiger charge is 2.27. The van der Waals surface area contributed by atoms with Crippen LogP contribution in [0.3, 0.4) is 0 Å². The summed E-state index contributed by atoms with van der Waals surface area (Å²) >= 11 is 0. The molecule has 2 nitrogen and oxygen atoms in total. The third-order valence-corrected chi connectivity index (χ3v) is 4.10. The molecule has 0 saturated carbocycles. The zero-order valence-electron chi connectivity index (χ0n) is 12.1. The Labute approximate surface area is 125 Å². The van der Waals surface area contributed by atoms with Crippen LogP contribution in [-0.4, -0.2) is 5.91 Å². The molecule has 0 saturated heterocycles. The van der Waals surface area contributed by atoms with Gasteiger partial charge in [-0.25, -0.2) is 0 Å². The van der Waals surface area contributed by atoms with Crippen LogP contribution in [0.25, 0.3) is 6.08 Å². The first-order valence-electron chi connectivity index (χ1n) is 7.34. The average Bonchev–Trinajstić information content (AvgIpc) is 2.97. The third-order valence-electron chi connectivity index (χ3n) is 4.10. The number of nitrogens with one attached hydrogen (secondary N) is 1. The van der Waals surface area contributed by atoms with Gasteiger partial charge in [-0.05, 0) is 16.7 Å². The summed E-state index contributed by atoms with van der Waals surface area (Å²) in [6.07, 6.45) is 4.25. The van der Waals surface area contributed by atoms with Gasteiger partial charge in [-0.15, -0.1) is 0 Å². The lowest BCUT2D eigenvalue weighted by atomic mass is 9.88. The lowest BCUT2D eigenvalue weighted by Gasteiger charge is -2.19. The van der Waals surface area contributed by atoms with E-state index in [1.165, 1.54) is 11.1 Å². The molecule has 2 atom stereocenters. The molecule has 1 N–H and O–H groups in total. The maximum atomic E-state index is 12.4. The van der Waals surface area contributed by atoms with Crippen molar-refractivity contribution in [2.45, 2.75) is 19.4 Å². The van der Waals surface area contributed by atoms with Crippen LogP contribution in [0.4, 0.5) is 0 Å². The summed E-state index contributed by atoms with van der Waals surface area (Å²) in [6.45, 7) is 2.58. The van der Waals surface area contributed by atoms with Crippen molar-refractivity contribution >= 4 is 12.0 Å². The van der Waals surface area contributed by atoms with Crippen molar-refractivity contribution in [3.63, 3.8) is 0 Å². The van der Waals surface area contributed by atoms with Crippen molar-refractivity contribution in [3.05, 3.63) is 77.4 Å². The number of carbonyl (C=O) groups is 1. The highest BCUT2D eigenvalue weighted by Crippen LogP contribution is 2.35. The Morgan fingerprint density at radius 3 is 2.62 bits per heavy atom. The largest absolute Gasteiger partial charge is 0.352 e. The van der Waals surface area contributed by atoms with Gasteiger partial charge in [0.05, 0.1) is 0 Å². The van der Waals surface area contributed by atoms with Gasteiger partial charge in [-0.3, -0.25) is 4.79 Å². The van der Waals surface area contributed by atoms with Crippen LogP contribution in [0.15, 0.2) is 60.7 Å². The van der Waals surface area contributed by atoms with E-state index in [-0.39, 0.29) is 17.7 Å². The molecule has 2 aromatic rings. The molecule has 2 unspecified atom stereocenters. The lowest BCUT2D eigenvalue weighted by Crippen LogP contribution is -2.31. The van der Waals surface area contributed by atoms with Crippen molar-refractivity contribution in [3.8, 4) is 0 Å². The monoisotopic (exact) mass is 277 g/mol. The summed E-state index contributed by atoms with van der Waals surface area (Å²) in [5.74, 6) is 0.218. The standard InChI is InChI=1S/C19H19NO/c1-14(17-12-11-16-9-5-6-10-18(16)17)19(21)20-13-15-7-3-2-4-8-15/h2-12,14,17H,13H2,1H3,(H,20,21). The number of hydrogen-bond acceptors (Lipinski definition) is 1. The van der Waals surface area contributed by atoms with E-state index < -0.39 is 0 Å². The first-order chi connectivity index (χ1) is 10.3. The van der Waals surface area contributed by atoms with E-state index in [9.17, 15) is 4.79 Å². The predicted molar refractivity (Wildman–Crippen MR) is 85.7 cm³/mol. The molecule has 0 fully saturated rings. The Morgan fingerprint density at radius 2 is 1.81 bits per heavy atom. The Morgan fingerprint density at radius 1 is 1.10 bits per heavy atom. The molecule has 106 valence electrons. The van der Waals surface area contributed by atoms with E-state index in [0.29, 0.717) is 6.54 Å². The summed E-state index contributed by atoms with van der Waals surface area (Å²) in [5.41, 5.74) is 3.60. The average molecular weight is 277 g/mol. The number of carbonyl (C=O) groups excluding carboxylic acids is 1. The van der Waals surface area contributed by atoms with E-state index in [4.69, 9.17) is 0 Å². The Hall–Kier alpha value is -2.35. The van der Waals surface area contributed by atoms with Crippen LogP contribution < -0.4 is 5.32 Å². The van der Waals surface area contributed by atoms with Gasteiger partial charge < -0.3 is 5.32 Å². The summed E-state index contributed by atoms with van der Waals surface area (Å²) < 4.78 is 0. The van der Waals surface area contributed by atoms with E-state index in [1.54, 1.807) is 0 Å². The maximum Gasteiger partial charge on any atom is 0.224 e. The number of amides is 1. The normalized spacial score (nSPS) is 17.3. The minimum absolute atomic E-state index is 0.0615. The second-order valence-corrected chi connectivity index (χ2v) is 5.51. The summed E-state index contributed by atoms with van der Waals surface area (Å²) in [6, 6.07) is 18.3. The third kappa shape index (κ3) is 2.89. The van der Waals surface area contributed by atoms with E-state index in [1.807, 2.05) is 49.4 Å². The van der Waals surface area contributed by atoms with Crippen LogP contribution in [0, 0.1) is 5.92 Å². The minimum atomic E-state index is -0.0615. The molecule has 1 aliphatic rings. The molecule has 3 rings (SSSR count). The van der Waals surface area contributed by atoms with E-state index in [2.05, 4.69) is 29.6 Å². The molecule has 21 heavy (non-hydrogen) atoms. The molecule has 0 spiro atoms. The topological polar surface area (TPSA) is 29.1 Å². The molecule has 0 aliphatic heterocycles. The number of fused-ring (bicyclic) bond motifs is 1. The van der Waals surface area contributed by atoms with E-state index in [0.717, 1.165) is 5.56 Å². The molecular formula is C19H19NO. The predicted octanol–water partition coefficient (Wildman–Crippen LogP) is 3.75. The summed E-state index contributed by atoms with van der Waals surface area (Å²) in [4.78, 5) is 12.4. The quantitative estimate of drug-likeness (QED) is 0.906. The number of rotatable bonds is 4. The molecule has 2 heteroatoms. The Balaban J connectivity index is 1.65. The van der Waals surface area contributed by atoms with Crippen molar-refractivity contribution in [2.24, 2.45) is 5.92 Å². The maximum absolute atomic E-state index is 12.4. The van der Waals surface area contributed by atoms with Crippen LogP contribution >= 0.6 is 0 Å². The van der Waals surface area contributed by atoms with Crippen LogP contribution in [0.5, 0.6) is 0 Å². The van der Waals surface area contributed by atoms with Crippen LogP contribution in [-0.2, 0) is 11.3 Å². The zero-order chi connectivity index (χ0) is 14.7. The highest BCUT2D eigenvalue weighted by molar-refractivity contribution is 5.81. The molecule has 0 radical (unpaired) electrons. The molecule has 1 amide bonds. The molecule has 2 aromatic carbocycles. The van der Waals surface area contributed by atoms with Gasteiger partial charge in [-0.1, -0.05) is 73.7 Å². The van der Waals surface area contributed by atoms with Crippen molar-refractivity contribution in [1.82, 2.24) is 5.32 Å². The fraction of sp³-hybridized carbons (Fsp3) is 0.211. The van der Waals surface area contributed by atoms with Crippen molar-refractivity contribution in [1.29, 1.82) is 0 Å². The molecule has 0 bridgehead atoms. The second-order valence-electron chi connectivity index (χ2n) is 5.51. The fourth-order valence-electron chi connectivity index (χ4n) is 2.82. The number of allylic oxidation sites excluding steroid dienone is 1. The second kappa shape index (κ2) is 5.96. The van der Waals surface area contributed by atoms with Crippen LogP contribution in [0.1, 0.15) is 29.5 Å². The SMILES string of the molecule is CC(C(=O)NCc1ccccc1)C1C=Cc2ccccc21. The first kappa shape index (κ1) is 13.6. The van der Waals surface area contributed by atoms with Gasteiger partial charge in [0.25, 0.3) is 0 Å². The minimum Gasteiger partial charge on any atom is -0.352 e. The van der Waals surface area contributed by atoms with Crippen molar-refractivity contribution in [2.75, 3.05) is 0 Å². The van der Waals surface area contributed by atoms with Gasteiger partial charge in [0.15, 0.2) is 0 Å². The number of hydrogen-bond donors (Lipinski definition) is 1. The number of benzene rings is 2. The van der Waals surface area contributed by atoms with Gasteiger partial charge in [0, 0.05) is 18.4 Å². The smallest absolute Gasteiger partial charge is 0.224 e. The first-order valence-corrected chi connectivity index (χ1v) is 7.34. The Kier molecular flexibility index (Phi) is 3.87. The Bertz CT molecular complexity index is 660. The van der Waals surface area contributed by atoms with Gasteiger partial charge in [0.2, 0.25) is 5.91 Å². The fourth-order valence-corrected chi connectivity index (χ4v) is 2.82. The summed E-state index contributed by atoms with van der Waals surface area (Å²) in [5, 5.41) is 3.03. The summed E-state index contributed by atoms with van der Waals surface area (Å²) in [7, 11) is 0. The van der Waals surface area contributed by atoms with E-state index >= 15 is 0 Å². The van der Waals surface area contributed by atoms with Gasteiger partial charge >= 0.3 is 0 Å². The highest BCUT2D eigenvalue weighted by atomic mass is 16.1. The van der Waals surface area contributed by atoms with Gasteiger partial charge in [0.1, 0.15) is 0 Å².